The van der Waals surface area contributed by atoms with Crippen molar-refractivity contribution in [3.63, 3.8) is 0 Å². The lowest BCUT2D eigenvalue weighted by Gasteiger charge is -2.38. The molecule has 0 saturated carbocycles. The topological polar surface area (TPSA) is 81.9 Å². The van der Waals surface area contributed by atoms with Crippen molar-refractivity contribution in [1.82, 2.24) is 19.9 Å². The SMILES string of the molecule is CCC(C(=O)Nc1cc(C)on1)N1CCN(CC(=O)N2CCCCCC2)CC1. The van der Waals surface area contributed by atoms with E-state index in [1.54, 1.807) is 13.0 Å². The normalized spacial score (nSPS) is 20.6. The van der Waals surface area contributed by atoms with E-state index in [0.717, 1.165) is 58.5 Å². The number of carbonyl (C=O) groups excluding carboxylic acids is 2. The summed E-state index contributed by atoms with van der Waals surface area (Å²) in [6, 6.07) is 1.53. The van der Waals surface area contributed by atoms with Crippen molar-refractivity contribution >= 4 is 17.6 Å². The summed E-state index contributed by atoms with van der Waals surface area (Å²) in [4.78, 5) is 31.7. The van der Waals surface area contributed by atoms with Crippen LogP contribution in [0.2, 0.25) is 0 Å². The van der Waals surface area contributed by atoms with Crippen LogP contribution in [-0.2, 0) is 9.59 Å². The highest BCUT2D eigenvalue weighted by atomic mass is 16.5. The van der Waals surface area contributed by atoms with Crippen LogP contribution in [0.3, 0.4) is 0 Å². The molecule has 8 nitrogen and oxygen atoms in total. The second kappa shape index (κ2) is 10.0. The van der Waals surface area contributed by atoms with E-state index < -0.39 is 0 Å². The lowest BCUT2D eigenvalue weighted by molar-refractivity contribution is -0.133. The third-order valence-corrected chi connectivity index (χ3v) is 5.73. The maximum Gasteiger partial charge on any atom is 0.242 e. The van der Waals surface area contributed by atoms with Gasteiger partial charge in [-0.15, -0.1) is 0 Å². The first-order chi connectivity index (χ1) is 13.6. The van der Waals surface area contributed by atoms with Gasteiger partial charge in [0.05, 0.1) is 12.6 Å². The molecule has 0 aromatic carbocycles. The predicted octanol–water partition coefficient (Wildman–Crippen LogP) is 1.72. The van der Waals surface area contributed by atoms with Crippen LogP contribution in [0.25, 0.3) is 0 Å². The van der Waals surface area contributed by atoms with Gasteiger partial charge in [-0.3, -0.25) is 19.4 Å². The number of aryl methyl sites for hydroxylation is 1. The molecule has 3 heterocycles. The lowest BCUT2D eigenvalue weighted by Crippen LogP contribution is -2.55. The second-order valence-corrected chi connectivity index (χ2v) is 7.84. The molecule has 1 N–H and O–H groups in total. The number of carbonyl (C=O) groups is 2. The Labute approximate surface area is 167 Å². The molecule has 2 fully saturated rings. The fourth-order valence-corrected chi connectivity index (χ4v) is 4.09. The van der Waals surface area contributed by atoms with Crippen molar-refractivity contribution < 1.29 is 14.1 Å². The smallest absolute Gasteiger partial charge is 0.242 e. The van der Waals surface area contributed by atoms with E-state index in [2.05, 4.69) is 20.3 Å². The van der Waals surface area contributed by atoms with Crippen molar-refractivity contribution in [1.29, 1.82) is 0 Å². The van der Waals surface area contributed by atoms with Crippen LogP contribution >= 0.6 is 0 Å². The molecule has 1 aromatic heterocycles. The number of aromatic nitrogens is 1. The van der Waals surface area contributed by atoms with E-state index in [1.807, 2.05) is 11.8 Å². The number of rotatable bonds is 6. The number of anilines is 1. The van der Waals surface area contributed by atoms with Crippen LogP contribution in [0.5, 0.6) is 0 Å². The van der Waals surface area contributed by atoms with E-state index in [-0.39, 0.29) is 17.9 Å². The molecule has 0 radical (unpaired) electrons. The fraction of sp³-hybridized carbons (Fsp3) is 0.750. The van der Waals surface area contributed by atoms with E-state index in [9.17, 15) is 9.59 Å². The minimum atomic E-state index is -0.194. The Bertz CT molecular complexity index is 646. The Balaban J connectivity index is 1.46. The summed E-state index contributed by atoms with van der Waals surface area (Å²) in [7, 11) is 0. The molecule has 28 heavy (non-hydrogen) atoms. The van der Waals surface area contributed by atoms with Crippen LogP contribution < -0.4 is 5.32 Å². The summed E-state index contributed by atoms with van der Waals surface area (Å²) in [5, 5.41) is 6.68. The summed E-state index contributed by atoms with van der Waals surface area (Å²) in [5.41, 5.74) is 0. The van der Waals surface area contributed by atoms with Gasteiger partial charge in [-0.25, -0.2) is 0 Å². The molecular formula is C20H33N5O3. The number of nitrogens with zero attached hydrogens (tertiary/aromatic N) is 4. The van der Waals surface area contributed by atoms with Crippen LogP contribution in [0.4, 0.5) is 5.82 Å². The zero-order chi connectivity index (χ0) is 19.9. The van der Waals surface area contributed by atoms with E-state index in [1.165, 1.54) is 12.8 Å². The van der Waals surface area contributed by atoms with Gasteiger partial charge in [-0.2, -0.15) is 0 Å². The minimum Gasteiger partial charge on any atom is -0.360 e. The molecule has 2 aliphatic heterocycles. The molecular weight excluding hydrogens is 358 g/mol. The van der Waals surface area contributed by atoms with Gasteiger partial charge in [-0.1, -0.05) is 24.9 Å². The Morgan fingerprint density at radius 3 is 2.36 bits per heavy atom. The first-order valence-corrected chi connectivity index (χ1v) is 10.5. The van der Waals surface area contributed by atoms with Crippen molar-refractivity contribution in [3.8, 4) is 0 Å². The van der Waals surface area contributed by atoms with Gasteiger partial charge in [0.15, 0.2) is 5.82 Å². The zero-order valence-corrected chi connectivity index (χ0v) is 17.2. The number of piperazine rings is 1. The highest BCUT2D eigenvalue weighted by Gasteiger charge is 2.29. The van der Waals surface area contributed by atoms with Crippen LogP contribution in [0.15, 0.2) is 10.6 Å². The highest BCUT2D eigenvalue weighted by molar-refractivity contribution is 5.94. The number of hydrogen-bond acceptors (Lipinski definition) is 6. The zero-order valence-electron chi connectivity index (χ0n) is 17.2. The molecule has 2 amide bonds. The van der Waals surface area contributed by atoms with Crippen molar-refractivity contribution in [2.45, 2.75) is 52.0 Å². The van der Waals surface area contributed by atoms with Gasteiger partial charge in [0.25, 0.3) is 0 Å². The van der Waals surface area contributed by atoms with Gasteiger partial charge in [0.1, 0.15) is 5.76 Å². The maximum atomic E-state index is 12.6. The van der Waals surface area contributed by atoms with Crippen molar-refractivity contribution in [2.75, 3.05) is 51.1 Å². The van der Waals surface area contributed by atoms with Gasteiger partial charge in [0, 0.05) is 45.3 Å². The minimum absolute atomic E-state index is 0.0510. The molecule has 1 unspecified atom stereocenters. The van der Waals surface area contributed by atoms with E-state index >= 15 is 0 Å². The summed E-state index contributed by atoms with van der Waals surface area (Å²) in [5.74, 6) is 1.33. The predicted molar refractivity (Wildman–Crippen MR) is 107 cm³/mol. The Morgan fingerprint density at radius 1 is 1.11 bits per heavy atom. The van der Waals surface area contributed by atoms with Gasteiger partial charge in [0.2, 0.25) is 11.8 Å². The Kier molecular flexibility index (Phi) is 7.44. The van der Waals surface area contributed by atoms with Crippen LogP contribution in [0.1, 0.15) is 44.8 Å². The maximum absolute atomic E-state index is 12.6. The Morgan fingerprint density at radius 2 is 1.79 bits per heavy atom. The van der Waals surface area contributed by atoms with Crippen LogP contribution in [-0.4, -0.2) is 83.5 Å². The summed E-state index contributed by atoms with van der Waals surface area (Å²) in [6.07, 6.45) is 5.44. The lowest BCUT2D eigenvalue weighted by atomic mass is 10.1. The van der Waals surface area contributed by atoms with Crippen LogP contribution in [0, 0.1) is 6.92 Å². The molecule has 2 aliphatic rings. The Hall–Kier alpha value is -1.93. The first kappa shape index (κ1) is 20.8. The van der Waals surface area contributed by atoms with Gasteiger partial charge < -0.3 is 14.7 Å². The number of likely N-dealkylation sites (tertiary alicyclic amines) is 1. The molecule has 1 atom stereocenters. The number of nitrogens with one attached hydrogen (secondary N) is 1. The standard InChI is InChI=1S/C20H33N5O3/c1-3-17(20(27)21-18-14-16(2)28-22-18)24-12-10-23(11-13-24)15-19(26)25-8-6-4-5-7-9-25/h14,17H,3-13,15H2,1-2H3,(H,21,22,27). The monoisotopic (exact) mass is 391 g/mol. The summed E-state index contributed by atoms with van der Waals surface area (Å²) < 4.78 is 5.01. The fourth-order valence-electron chi connectivity index (χ4n) is 4.09. The average molecular weight is 392 g/mol. The largest absolute Gasteiger partial charge is 0.360 e. The average Bonchev–Trinajstić information content (AvgIpc) is 2.93. The van der Waals surface area contributed by atoms with E-state index in [4.69, 9.17) is 4.52 Å². The molecule has 156 valence electrons. The molecule has 8 heteroatoms. The van der Waals surface area contributed by atoms with Crippen molar-refractivity contribution in [2.24, 2.45) is 0 Å². The van der Waals surface area contributed by atoms with Crippen molar-refractivity contribution in [3.05, 3.63) is 11.8 Å². The third-order valence-electron chi connectivity index (χ3n) is 5.73. The molecule has 3 rings (SSSR count). The number of amides is 2. The number of hydrogen-bond donors (Lipinski definition) is 1. The molecule has 0 bridgehead atoms. The summed E-state index contributed by atoms with van der Waals surface area (Å²) >= 11 is 0. The van der Waals surface area contributed by atoms with Gasteiger partial charge in [-0.05, 0) is 26.2 Å². The quantitative estimate of drug-likeness (QED) is 0.795. The van der Waals surface area contributed by atoms with Gasteiger partial charge >= 0.3 is 0 Å². The second-order valence-electron chi connectivity index (χ2n) is 7.84. The molecule has 0 spiro atoms. The highest BCUT2D eigenvalue weighted by Crippen LogP contribution is 2.15. The summed E-state index contributed by atoms with van der Waals surface area (Å²) in [6.45, 7) is 9.32. The molecule has 0 aliphatic carbocycles. The first-order valence-electron chi connectivity index (χ1n) is 10.5. The molecule has 1 aromatic rings. The third kappa shape index (κ3) is 5.54. The van der Waals surface area contributed by atoms with E-state index in [0.29, 0.717) is 18.1 Å². The molecule has 2 saturated heterocycles.